The Labute approximate surface area is 321 Å². The molecule has 2 aliphatic rings. The highest BCUT2D eigenvalue weighted by Crippen LogP contribution is 2.35. The van der Waals surface area contributed by atoms with Gasteiger partial charge in [0.15, 0.2) is 0 Å². The normalized spacial score (nSPS) is 16.5. The minimum absolute atomic E-state index is 0.106. The van der Waals surface area contributed by atoms with E-state index in [9.17, 15) is 0 Å². The van der Waals surface area contributed by atoms with Gasteiger partial charge in [-0.2, -0.15) is 0 Å². The van der Waals surface area contributed by atoms with Crippen molar-refractivity contribution >= 4 is 21.8 Å². The minimum atomic E-state index is 0.106. The first kappa shape index (κ1) is 37.8. The van der Waals surface area contributed by atoms with Gasteiger partial charge in [0.25, 0.3) is 0 Å². The summed E-state index contributed by atoms with van der Waals surface area (Å²) in [4.78, 5) is 9.66. The maximum Gasteiger partial charge on any atom is 0.0888 e. The van der Waals surface area contributed by atoms with Crippen molar-refractivity contribution in [3.8, 4) is 0 Å². The van der Waals surface area contributed by atoms with Crippen LogP contribution in [0.1, 0.15) is 70.5 Å². The first-order valence-corrected chi connectivity index (χ1v) is 19.7. The zero-order valence-corrected chi connectivity index (χ0v) is 32.6. The lowest BCUT2D eigenvalue weighted by molar-refractivity contribution is 0.0549. The van der Waals surface area contributed by atoms with E-state index in [0.29, 0.717) is 13.2 Å². The molecule has 0 saturated carbocycles. The molecule has 4 aromatic carbocycles. The van der Waals surface area contributed by atoms with Gasteiger partial charge in [0.1, 0.15) is 0 Å². The van der Waals surface area contributed by atoms with E-state index >= 15 is 0 Å². The van der Waals surface area contributed by atoms with Crippen LogP contribution in [-0.2, 0) is 33.5 Å². The number of fused-ring (bicyclic) bond motifs is 2. The topological polar surface area (TPSA) is 68.3 Å². The van der Waals surface area contributed by atoms with E-state index < -0.39 is 0 Å². The third-order valence-corrected chi connectivity index (χ3v) is 11.6. The summed E-state index contributed by atoms with van der Waals surface area (Å²) < 4.78 is 12.5. The lowest BCUT2D eigenvalue weighted by atomic mass is 9.74. The van der Waals surface area contributed by atoms with Crippen molar-refractivity contribution in [2.75, 3.05) is 39.4 Å². The summed E-state index contributed by atoms with van der Waals surface area (Å²) in [5, 5.41) is 9.42. The number of ether oxygens (including phenoxy) is 2. The predicted octanol–water partition coefficient (Wildman–Crippen LogP) is 9.38. The Morgan fingerprint density at radius 1 is 0.500 bits per heavy atom. The molecule has 6 nitrogen and oxygen atoms in total. The molecule has 2 N–H and O–H groups in total. The van der Waals surface area contributed by atoms with E-state index in [-0.39, 0.29) is 10.8 Å². The van der Waals surface area contributed by atoms with E-state index in [0.717, 1.165) is 87.5 Å². The third kappa shape index (κ3) is 8.90. The van der Waals surface area contributed by atoms with E-state index in [2.05, 4.69) is 148 Å². The first-order chi connectivity index (χ1) is 26.3. The maximum absolute atomic E-state index is 6.26. The summed E-state index contributed by atoms with van der Waals surface area (Å²) in [5.74, 6) is 0. The molecule has 2 aromatic heterocycles. The molecule has 0 spiro atoms. The fourth-order valence-corrected chi connectivity index (χ4v) is 8.44. The number of hydrogen-bond acceptors (Lipinski definition) is 6. The third-order valence-electron chi connectivity index (χ3n) is 11.6. The average Bonchev–Trinajstić information content (AvgIpc) is 3.20. The van der Waals surface area contributed by atoms with Crippen molar-refractivity contribution in [1.82, 2.24) is 20.6 Å². The lowest BCUT2D eigenvalue weighted by Crippen LogP contribution is -2.43. The Hall–Kier alpha value is -4.46. The van der Waals surface area contributed by atoms with Crippen molar-refractivity contribution in [3.63, 3.8) is 0 Å². The maximum atomic E-state index is 6.26. The summed E-state index contributed by atoms with van der Waals surface area (Å²) in [6, 6.07) is 38.9. The molecule has 54 heavy (non-hydrogen) atoms. The standard InChI is InChI=1S/2C24H28N2O/c1-18-8-9-23-22(14-18)19(2)15-21(26-23)16-27-17-24(10-12-25-13-11-24)20-6-4-3-5-7-20;1-18-8-9-22-19(2)15-21(26-23(22)14-18)16-27-17-24(10-12-25-13-11-24)20-6-4-3-5-7-20/h2*3-9,14-15,25H,10-13,16-17H2,1-2H3. The van der Waals surface area contributed by atoms with Crippen LogP contribution >= 0.6 is 0 Å². The second kappa shape index (κ2) is 17.3. The number of aryl methyl sites for hydroxylation is 4. The predicted molar refractivity (Wildman–Crippen MR) is 222 cm³/mol. The largest absolute Gasteiger partial charge is 0.374 e. The molecule has 280 valence electrons. The van der Waals surface area contributed by atoms with Gasteiger partial charge in [-0.15, -0.1) is 0 Å². The smallest absolute Gasteiger partial charge is 0.0888 e. The van der Waals surface area contributed by atoms with Gasteiger partial charge in [-0.3, -0.25) is 9.97 Å². The highest BCUT2D eigenvalue weighted by Gasteiger charge is 2.35. The molecule has 8 rings (SSSR count). The fourth-order valence-electron chi connectivity index (χ4n) is 8.44. The van der Waals surface area contributed by atoms with Crippen molar-refractivity contribution in [2.24, 2.45) is 0 Å². The highest BCUT2D eigenvalue weighted by atomic mass is 16.5. The Balaban J connectivity index is 0.000000167. The van der Waals surface area contributed by atoms with Crippen LogP contribution in [0.5, 0.6) is 0 Å². The average molecular weight is 721 g/mol. The molecule has 0 unspecified atom stereocenters. The van der Waals surface area contributed by atoms with Gasteiger partial charge in [0.05, 0.1) is 48.8 Å². The van der Waals surface area contributed by atoms with E-state index in [1.54, 1.807) is 0 Å². The molecule has 2 saturated heterocycles. The number of piperidine rings is 2. The second-order valence-corrected chi connectivity index (χ2v) is 15.7. The number of benzene rings is 4. The summed E-state index contributed by atoms with van der Waals surface area (Å²) in [7, 11) is 0. The molecule has 6 aromatic rings. The van der Waals surface area contributed by atoms with Gasteiger partial charge in [-0.05, 0) is 138 Å². The lowest BCUT2D eigenvalue weighted by Gasteiger charge is -2.38. The molecule has 0 aliphatic carbocycles. The van der Waals surface area contributed by atoms with Crippen LogP contribution in [0.3, 0.4) is 0 Å². The summed E-state index contributed by atoms with van der Waals surface area (Å²) >= 11 is 0. The molecular weight excluding hydrogens is 665 g/mol. The van der Waals surface area contributed by atoms with Crippen LogP contribution in [0.2, 0.25) is 0 Å². The molecule has 4 heterocycles. The van der Waals surface area contributed by atoms with Gasteiger partial charge in [0, 0.05) is 21.6 Å². The van der Waals surface area contributed by atoms with Gasteiger partial charge in [-0.1, -0.05) is 84.4 Å². The summed E-state index contributed by atoms with van der Waals surface area (Å²) in [6.45, 7) is 15.3. The molecule has 0 radical (unpaired) electrons. The van der Waals surface area contributed by atoms with Gasteiger partial charge >= 0.3 is 0 Å². The number of aromatic nitrogens is 2. The number of hydrogen-bond donors (Lipinski definition) is 2. The highest BCUT2D eigenvalue weighted by molar-refractivity contribution is 5.83. The molecule has 0 amide bonds. The van der Waals surface area contributed by atoms with E-state index in [4.69, 9.17) is 19.4 Å². The van der Waals surface area contributed by atoms with Crippen molar-refractivity contribution < 1.29 is 9.47 Å². The van der Waals surface area contributed by atoms with Crippen LogP contribution in [0.25, 0.3) is 21.8 Å². The molecule has 0 atom stereocenters. The fraction of sp³-hybridized carbons (Fsp3) is 0.375. The van der Waals surface area contributed by atoms with Crippen LogP contribution in [0.15, 0.2) is 109 Å². The summed E-state index contributed by atoms with van der Waals surface area (Å²) in [5.41, 5.74) is 12.2. The first-order valence-electron chi connectivity index (χ1n) is 19.7. The van der Waals surface area contributed by atoms with Crippen molar-refractivity contribution in [1.29, 1.82) is 0 Å². The minimum Gasteiger partial charge on any atom is -0.374 e. The SMILES string of the molecule is Cc1ccc2c(C)cc(COCC3(c4ccccc4)CCNCC3)nc2c1.Cc1ccc2nc(COCC3(c4ccccc4)CCNCC3)cc(C)c2c1. The number of nitrogens with one attached hydrogen (secondary N) is 2. The summed E-state index contributed by atoms with van der Waals surface area (Å²) in [6.07, 6.45) is 4.45. The van der Waals surface area contributed by atoms with Gasteiger partial charge in [0.2, 0.25) is 0 Å². The van der Waals surface area contributed by atoms with Crippen LogP contribution in [0, 0.1) is 27.7 Å². The zero-order valence-electron chi connectivity index (χ0n) is 32.6. The van der Waals surface area contributed by atoms with Gasteiger partial charge < -0.3 is 20.1 Å². The monoisotopic (exact) mass is 720 g/mol. The second-order valence-electron chi connectivity index (χ2n) is 15.7. The van der Waals surface area contributed by atoms with E-state index in [1.807, 2.05) is 0 Å². The Morgan fingerprint density at radius 2 is 0.963 bits per heavy atom. The zero-order chi connectivity index (χ0) is 37.4. The Bertz CT molecular complexity index is 2140. The van der Waals surface area contributed by atoms with Gasteiger partial charge in [-0.25, -0.2) is 0 Å². The van der Waals surface area contributed by atoms with Crippen LogP contribution in [0.4, 0.5) is 0 Å². The number of rotatable bonds is 10. The number of nitrogens with zero attached hydrogens (tertiary/aromatic N) is 2. The van der Waals surface area contributed by atoms with Crippen LogP contribution < -0.4 is 10.6 Å². The van der Waals surface area contributed by atoms with E-state index in [1.165, 1.54) is 44.2 Å². The number of pyridine rings is 2. The van der Waals surface area contributed by atoms with Crippen LogP contribution in [-0.4, -0.2) is 49.4 Å². The van der Waals surface area contributed by atoms with Crippen molar-refractivity contribution in [3.05, 3.63) is 154 Å². The van der Waals surface area contributed by atoms with Crippen molar-refractivity contribution in [2.45, 2.75) is 77.4 Å². The Morgan fingerprint density at radius 3 is 1.50 bits per heavy atom. The molecule has 2 fully saturated rings. The molecular formula is C48H56N4O2. The quantitative estimate of drug-likeness (QED) is 0.147. The molecule has 0 bridgehead atoms. The molecule has 2 aliphatic heterocycles. The molecule has 6 heteroatoms. The Kier molecular flexibility index (Phi) is 12.2.